The van der Waals surface area contributed by atoms with Crippen molar-refractivity contribution in [2.75, 3.05) is 10.6 Å². The smallest absolute Gasteiger partial charge is 0.352 e. The number of aromatic nitrogens is 2. The third kappa shape index (κ3) is 3.57. The highest BCUT2D eigenvalue weighted by molar-refractivity contribution is 6.08. The number of carbonyl (C=O) groups is 2. The number of benzene rings is 2. The second-order valence-electron chi connectivity index (χ2n) is 7.47. The van der Waals surface area contributed by atoms with E-state index in [2.05, 4.69) is 15.7 Å². The Kier molecular flexibility index (Phi) is 4.87. The Morgan fingerprint density at radius 1 is 1.07 bits per heavy atom. The fourth-order valence-electron chi connectivity index (χ4n) is 3.41. The molecular formula is C23H22N4O3. The predicted octanol–water partition coefficient (Wildman–Crippen LogP) is 4.04. The third-order valence-electron chi connectivity index (χ3n) is 5.30. The molecule has 1 amide bonds. The van der Waals surface area contributed by atoms with Crippen LogP contribution in [0.5, 0.6) is 0 Å². The summed E-state index contributed by atoms with van der Waals surface area (Å²) in [4.78, 5) is 24.6. The Morgan fingerprint density at radius 3 is 2.47 bits per heavy atom. The van der Waals surface area contributed by atoms with Crippen molar-refractivity contribution in [3.63, 3.8) is 0 Å². The molecule has 152 valence electrons. The Morgan fingerprint density at radius 2 is 1.80 bits per heavy atom. The molecule has 0 radical (unpaired) electrons. The first-order valence-corrected chi connectivity index (χ1v) is 9.58. The molecule has 7 nitrogen and oxygen atoms in total. The Balaban J connectivity index is 1.70. The molecular weight excluding hydrogens is 380 g/mol. The fourth-order valence-corrected chi connectivity index (χ4v) is 3.41. The zero-order chi connectivity index (χ0) is 21.4. The Bertz CT molecular complexity index is 1180. The highest BCUT2D eigenvalue weighted by Gasteiger charge is 2.29. The van der Waals surface area contributed by atoms with Crippen molar-refractivity contribution in [1.82, 2.24) is 9.78 Å². The van der Waals surface area contributed by atoms with Crippen molar-refractivity contribution in [2.24, 2.45) is 0 Å². The first-order valence-electron chi connectivity index (χ1n) is 9.58. The lowest BCUT2D eigenvalue weighted by Gasteiger charge is -2.24. The summed E-state index contributed by atoms with van der Waals surface area (Å²) in [6.07, 6.45) is 3.05. The van der Waals surface area contributed by atoms with E-state index in [1.165, 1.54) is 6.20 Å². The van der Waals surface area contributed by atoms with Crippen LogP contribution in [-0.4, -0.2) is 26.8 Å². The number of nitrogens with one attached hydrogen (secondary N) is 2. The lowest BCUT2D eigenvalue weighted by atomic mass is 10.0. The zero-order valence-corrected chi connectivity index (χ0v) is 16.9. The van der Waals surface area contributed by atoms with Gasteiger partial charge in [0.05, 0.1) is 12.2 Å². The maximum Gasteiger partial charge on any atom is 0.352 e. The molecule has 7 heteroatoms. The maximum absolute atomic E-state index is 12.9. The van der Waals surface area contributed by atoms with E-state index >= 15 is 0 Å². The second-order valence-corrected chi connectivity index (χ2v) is 7.47. The molecule has 3 N–H and O–H groups in total. The lowest BCUT2D eigenvalue weighted by molar-refractivity contribution is -0.132. The van der Waals surface area contributed by atoms with E-state index in [1.54, 1.807) is 10.8 Å². The van der Waals surface area contributed by atoms with Crippen LogP contribution in [0, 0.1) is 20.8 Å². The minimum atomic E-state index is -1.10. The molecule has 2 heterocycles. The van der Waals surface area contributed by atoms with Gasteiger partial charge in [0, 0.05) is 5.69 Å². The number of aryl methyl sites for hydroxylation is 3. The van der Waals surface area contributed by atoms with E-state index in [4.69, 9.17) is 0 Å². The summed E-state index contributed by atoms with van der Waals surface area (Å²) in [5.74, 6) is -1.11. The van der Waals surface area contributed by atoms with Gasteiger partial charge in [-0.05, 0) is 55.7 Å². The topological polar surface area (TPSA) is 96.2 Å². The minimum Gasteiger partial charge on any atom is -0.477 e. The van der Waals surface area contributed by atoms with E-state index in [1.807, 2.05) is 63.2 Å². The van der Waals surface area contributed by atoms with Gasteiger partial charge in [0.1, 0.15) is 17.1 Å². The Labute approximate surface area is 174 Å². The molecule has 0 saturated carbocycles. The van der Waals surface area contributed by atoms with Gasteiger partial charge in [0.25, 0.3) is 5.91 Å². The average molecular weight is 402 g/mol. The molecule has 1 aromatic heterocycles. The molecule has 3 aromatic rings. The molecule has 0 spiro atoms. The fraction of sp³-hybridized carbons (Fsp3) is 0.174. The lowest BCUT2D eigenvalue weighted by Crippen LogP contribution is -2.25. The molecule has 0 fully saturated rings. The first kappa shape index (κ1) is 19.4. The molecule has 0 saturated heterocycles. The summed E-state index contributed by atoms with van der Waals surface area (Å²) in [6.45, 7) is 5.97. The summed E-state index contributed by atoms with van der Waals surface area (Å²) >= 11 is 0. The van der Waals surface area contributed by atoms with Gasteiger partial charge in [-0.3, -0.25) is 4.79 Å². The number of hydrogen-bond acceptors (Lipinski definition) is 4. The number of carboxylic acids is 1. The van der Waals surface area contributed by atoms with E-state index in [9.17, 15) is 14.7 Å². The van der Waals surface area contributed by atoms with Crippen LogP contribution in [-0.2, 0) is 4.79 Å². The number of fused-ring (bicyclic) bond motifs is 1. The van der Waals surface area contributed by atoms with E-state index in [-0.39, 0.29) is 17.2 Å². The quantitative estimate of drug-likeness (QED) is 0.612. The summed E-state index contributed by atoms with van der Waals surface area (Å²) in [5, 5.41) is 19.7. The van der Waals surface area contributed by atoms with Crippen LogP contribution in [0.15, 0.2) is 60.4 Å². The molecule has 1 aliphatic rings. The number of aliphatic carboxylic acids is 1. The van der Waals surface area contributed by atoms with Crippen molar-refractivity contribution >= 4 is 23.4 Å². The maximum atomic E-state index is 12.9. The van der Waals surface area contributed by atoms with E-state index < -0.39 is 12.0 Å². The molecule has 4 rings (SSSR count). The number of nitrogens with zero attached hydrogens (tertiary/aromatic N) is 2. The van der Waals surface area contributed by atoms with Gasteiger partial charge in [-0.1, -0.05) is 35.9 Å². The number of carbonyl (C=O) groups excluding carboxylic acids is 1. The number of amides is 1. The van der Waals surface area contributed by atoms with Crippen molar-refractivity contribution in [3.05, 3.63) is 88.3 Å². The summed E-state index contributed by atoms with van der Waals surface area (Å²) in [7, 11) is 0. The van der Waals surface area contributed by atoms with Crippen LogP contribution < -0.4 is 10.6 Å². The second kappa shape index (κ2) is 7.51. The summed E-state index contributed by atoms with van der Waals surface area (Å²) in [6, 6.07) is 13.0. The van der Waals surface area contributed by atoms with Crippen LogP contribution in [0.2, 0.25) is 0 Å². The van der Waals surface area contributed by atoms with Crippen molar-refractivity contribution in [2.45, 2.75) is 26.8 Å². The van der Waals surface area contributed by atoms with Crippen molar-refractivity contribution in [3.8, 4) is 0 Å². The highest BCUT2D eigenvalue weighted by atomic mass is 16.4. The largest absolute Gasteiger partial charge is 0.477 e. The van der Waals surface area contributed by atoms with Crippen LogP contribution in [0.25, 0.3) is 0 Å². The highest BCUT2D eigenvalue weighted by Crippen LogP contribution is 2.32. The number of carboxylic acid groups (broad SMARTS) is 1. The van der Waals surface area contributed by atoms with Gasteiger partial charge in [0.15, 0.2) is 0 Å². The normalized spacial score (nSPS) is 15.0. The predicted molar refractivity (Wildman–Crippen MR) is 115 cm³/mol. The van der Waals surface area contributed by atoms with Crippen molar-refractivity contribution < 1.29 is 14.7 Å². The van der Waals surface area contributed by atoms with E-state index in [0.717, 1.165) is 22.3 Å². The number of allylic oxidation sites excluding steroid dienone is 1. The molecule has 1 atom stereocenters. The molecule has 30 heavy (non-hydrogen) atoms. The number of anilines is 2. The number of rotatable bonds is 4. The third-order valence-corrected chi connectivity index (χ3v) is 5.30. The van der Waals surface area contributed by atoms with Gasteiger partial charge in [-0.2, -0.15) is 5.10 Å². The van der Waals surface area contributed by atoms with Gasteiger partial charge in [-0.15, -0.1) is 0 Å². The van der Waals surface area contributed by atoms with Crippen LogP contribution >= 0.6 is 0 Å². The average Bonchev–Trinajstić information content (AvgIpc) is 3.15. The van der Waals surface area contributed by atoms with Gasteiger partial charge >= 0.3 is 5.97 Å². The zero-order valence-electron chi connectivity index (χ0n) is 16.9. The monoisotopic (exact) mass is 402 g/mol. The first-order chi connectivity index (χ1) is 14.3. The SMILES string of the molecule is Cc1ccc([C@H]2C=C(C(=O)O)Nc3c(C(=O)Nc4ccc(C)c(C)c4)cnn32)cc1. The van der Waals surface area contributed by atoms with E-state index in [0.29, 0.717) is 11.5 Å². The van der Waals surface area contributed by atoms with Crippen LogP contribution in [0.3, 0.4) is 0 Å². The van der Waals surface area contributed by atoms with Crippen LogP contribution in [0.1, 0.15) is 38.7 Å². The van der Waals surface area contributed by atoms with Crippen molar-refractivity contribution in [1.29, 1.82) is 0 Å². The molecule has 0 bridgehead atoms. The summed E-state index contributed by atoms with van der Waals surface area (Å²) < 4.78 is 1.63. The molecule has 1 aliphatic heterocycles. The summed E-state index contributed by atoms with van der Waals surface area (Å²) in [5.41, 5.74) is 5.14. The molecule has 0 aliphatic carbocycles. The number of hydrogen-bond donors (Lipinski definition) is 3. The van der Waals surface area contributed by atoms with Gasteiger partial charge in [0.2, 0.25) is 0 Å². The standard InChI is InChI=1S/C23H22N4O3/c1-13-4-7-16(8-5-13)20-11-19(23(29)30)26-21-18(12-24-27(20)21)22(28)25-17-9-6-14(2)15(3)10-17/h4-12,20,26H,1-3H3,(H,25,28)(H,29,30)/t20-/m1/s1. The van der Waals surface area contributed by atoms with Gasteiger partial charge < -0.3 is 15.7 Å². The molecule has 2 aromatic carbocycles. The van der Waals surface area contributed by atoms with Crippen LogP contribution in [0.4, 0.5) is 11.5 Å². The minimum absolute atomic E-state index is 0.00815. The Hall–Kier alpha value is -3.87. The van der Waals surface area contributed by atoms with Gasteiger partial charge in [-0.25, -0.2) is 9.48 Å². The molecule has 0 unspecified atom stereocenters.